The number of hydrogen-bond donors (Lipinski definition) is 1. The number of nitrogen functional groups attached to an aromatic ring is 1. The Labute approximate surface area is 115 Å². The van der Waals surface area contributed by atoms with E-state index in [9.17, 15) is 12.8 Å². The molecule has 0 aliphatic rings. The molecule has 2 N–H and O–H groups in total. The van der Waals surface area contributed by atoms with E-state index in [1.165, 1.54) is 6.07 Å². The molecule has 0 fully saturated rings. The lowest BCUT2D eigenvalue weighted by Crippen LogP contribution is -2.08. The van der Waals surface area contributed by atoms with Gasteiger partial charge in [-0.25, -0.2) is 12.8 Å². The first kappa shape index (κ1) is 13.8. The Morgan fingerprint density at radius 1 is 1.16 bits per heavy atom. The van der Waals surface area contributed by atoms with E-state index in [0.29, 0.717) is 10.6 Å². The fourth-order valence-corrected chi connectivity index (χ4v) is 3.41. The van der Waals surface area contributed by atoms with Crippen LogP contribution in [0.3, 0.4) is 0 Å². The molecule has 100 valence electrons. The molecule has 3 nitrogen and oxygen atoms in total. The molecule has 0 heterocycles. The average molecular weight is 300 g/mol. The maximum Gasteiger partial charge on any atom is 0.184 e. The predicted molar refractivity (Wildman–Crippen MR) is 73.2 cm³/mol. The Balaban J connectivity index is 2.40. The Morgan fingerprint density at radius 2 is 1.89 bits per heavy atom. The van der Waals surface area contributed by atoms with Gasteiger partial charge in [0.15, 0.2) is 9.84 Å². The second-order valence-electron chi connectivity index (χ2n) is 4.07. The first-order valence-corrected chi connectivity index (χ1v) is 7.44. The van der Waals surface area contributed by atoms with Gasteiger partial charge in [0, 0.05) is 5.02 Å². The Hall–Kier alpha value is -1.59. The molecule has 2 aromatic rings. The van der Waals surface area contributed by atoms with Gasteiger partial charge in [0.1, 0.15) is 5.82 Å². The molecule has 0 saturated heterocycles. The highest BCUT2D eigenvalue weighted by molar-refractivity contribution is 7.90. The average Bonchev–Trinajstić information content (AvgIpc) is 2.31. The maximum atomic E-state index is 13.1. The van der Waals surface area contributed by atoms with Crippen LogP contribution in [0.25, 0.3) is 0 Å². The number of nitrogens with two attached hydrogens (primary N) is 1. The zero-order chi connectivity index (χ0) is 14.0. The fourth-order valence-electron chi connectivity index (χ4n) is 1.70. The number of benzene rings is 2. The number of anilines is 1. The van der Waals surface area contributed by atoms with E-state index in [-0.39, 0.29) is 16.3 Å². The second-order valence-corrected chi connectivity index (χ2v) is 6.47. The zero-order valence-corrected chi connectivity index (χ0v) is 11.4. The third kappa shape index (κ3) is 3.24. The normalized spacial score (nSPS) is 11.5. The number of rotatable bonds is 3. The van der Waals surface area contributed by atoms with Crippen molar-refractivity contribution in [2.45, 2.75) is 10.6 Å². The summed E-state index contributed by atoms with van der Waals surface area (Å²) in [6.07, 6.45) is 0. The highest BCUT2D eigenvalue weighted by Gasteiger charge is 2.19. The maximum absolute atomic E-state index is 13.1. The van der Waals surface area contributed by atoms with E-state index in [1.807, 2.05) is 0 Å². The molecule has 2 rings (SSSR count). The lowest BCUT2D eigenvalue weighted by molar-refractivity contribution is 0.590. The summed E-state index contributed by atoms with van der Waals surface area (Å²) in [5.74, 6) is -0.917. The van der Waals surface area contributed by atoms with Crippen LogP contribution in [0.1, 0.15) is 5.56 Å². The third-order valence-electron chi connectivity index (χ3n) is 2.56. The van der Waals surface area contributed by atoms with E-state index in [0.717, 1.165) is 12.1 Å². The highest BCUT2D eigenvalue weighted by atomic mass is 35.5. The van der Waals surface area contributed by atoms with Crippen molar-refractivity contribution in [3.8, 4) is 0 Å². The summed E-state index contributed by atoms with van der Waals surface area (Å²) in [6, 6.07) is 9.77. The van der Waals surface area contributed by atoms with Crippen LogP contribution in [0.4, 0.5) is 10.1 Å². The largest absolute Gasteiger partial charge is 0.398 e. The summed E-state index contributed by atoms with van der Waals surface area (Å²) < 4.78 is 37.5. The van der Waals surface area contributed by atoms with Crippen LogP contribution in [0.2, 0.25) is 5.02 Å². The van der Waals surface area contributed by atoms with Crippen LogP contribution in [0, 0.1) is 5.82 Å². The van der Waals surface area contributed by atoms with E-state index < -0.39 is 15.7 Å². The summed E-state index contributed by atoms with van der Waals surface area (Å²) in [7, 11) is -3.71. The minimum Gasteiger partial charge on any atom is -0.398 e. The number of sulfone groups is 1. The van der Waals surface area contributed by atoms with Crippen LogP contribution in [0.15, 0.2) is 47.4 Å². The Bertz CT molecular complexity index is 716. The molecule has 0 atom stereocenters. The summed E-state index contributed by atoms with van der Waals surface area (Å²) in [5, 5.41) is 0.444. The van der Waals surface area contributed by atoms with E-state index >= 15 is 0 Å². The molecular weight excluding hydrogens is 289 g/mol. The summed E-state index contributed by atoms with van der Waals surface area (Å²) >= 11 is 5.80. The quantitative estimate of drug-likeness (QED) is 0.886. The number of halogens is 2. The molecule has 6 heteroatoms. The van der Waals surface area contributed by atoms with Gasteiger partial charge in [0.25, 0.3) is 0 Å². The summed E-state index contributed by atoms with van der Waals surface area (Å²) in [4.78, 5) is -0.201. The molecular formula is C13H11ClFNO2S. The third-order valence-corrected chi connectivity index (χ3v) is 4.53. The molecule has 0 aliphatic carbocycles. The van der Waals surface area contributed by atoms with Crippen molar-refractivity contribution >= 4 is 27.1 Å². The monoisotopic (exact) mass is 299 g/mol. The molecule has 19 heavy (non-hydrogen) atoms. The van der Waals surface area contributed by atoms with Gasteiger partial charge in [0.2, 0.25) is 0 Å². The first-order valence-electron chi connectivity index (χ1n) is 5.41. The molecule has 0 spiro atoms. The zero-order valence-electron chi connectivity index (χ0n) is 9.81. The fraction of sp³-hybridized carbons (Fsp3) is 0.0769. The number of hydrogen-bond acceptors (Lipinski definition) is 3. The van der Waals surface area contributed by atoms with E-state index in [2.05, 4.69) is 0 Å². The summed E-state index contributed by atoms with van der Waals surface area (Å²) in [5.41, 5.74) is 6.14. The standard InChI is InChI=1S/C13H11ClFNO2S/c14-10-3-1-2-9(6-10)8-19(17,18)13-7-11(15)4-5-12(13)16/h1-7H,8,16H2. The highest BCUT2D eigenvalue weighted by Crippen LogP contribution is 2.24. The Kier molecular flexibility index (Phi) is 3.78. The molecule has 0 saturated carbocycles. The lowest BCUT2D eigenvalue weighted by atomic mass is 10.2. The van der Waals surface area contributed by atoms with Gasteiger partial charge in [-0.3, -0.25) is 0 Å². The van der Waals surface area contributed by atoms with Crippen LogP contribution in [-0.4, -0.2) is 8.42 Å². The van der Waals surface area contributed by atoms with Crippen molar-refractivity contribution in [3.63, 3.8) is 0 Å². The van der Waals surface area contributed by atoms with Crippen LogP contribution >= 0.6 is 11.6 Å². The molecule has 0 radical (unpaired) electrons. The van der Waals surface area contributed by atoms with Gasteiger partial charge >= 0.3 is 0 Å². The predicted octanol–water partition coefficient (Wildman–Crippen LogP) is 3.04. The minimum atomic E-state index is -3.71. The first-order chi connectivity index (χ1) is 8.88. The Morgan fingerprint density at radius 3 is 2.58 bits per heavy atom. The second kappa shape index (κ2) is 5.19. The molecule has 0 amide bonds. The van der Waals surface area contributed by atoms with Gasteiger partial charge in [0.05, 0.1) is 16.3 Å². The molecule has 0 unspecified atom stereocenters. The van der Waals surface area contributed by atoms with Gasteiger partial charge in [-0.05, 0) is 35.9 Å². The van der Waals surface area contributed by atoms with E-state index in [1.54, 1.807) is 24.3 Å². The smallest absolute Gasteiger partial charge is 0.184 e. The molecule has 0 aliphatic heterocycles. The topological polar surface area (TPSA) is 60.2 Å². The van der Waals surface area contributed by atoms with Gasteiger partial charge in [-0.15, -0.1) is 0 Å². The van der Waals surface area contributed by atoms with Gasteiger partial charge in [-0.2, -0.15) is 0 Å². The molecule has 2 aromatic carbocycles. The van der Waals surface area contributed by atoms with Gasteiger partial charge < -0.3 is 5.73 Å². The van der Waals surface area contributed by atoms with Crippen molar-refractivity contribution in [2.24, 2.45) is 0 Å². The van der Waals surface area contributed by atoms with Crippen LogP contribution < -0.4 is 5.73 Å². The van der Waals surface area contributed by atoms with Crippen molar-refractivity contribution < 1.29 is 12.8 Å². The minimum absolute atomic E-state index is 0.0310. The van der Waals surface area contributed by atoms with Crippen molar-refractivity contribution in [1.82, 2.24) is 0 Å². The SMILES string of the molecule is Nc1ccc(F)cc1S(=O)(=O)Cc1cccc(Cl)c1. The van der Waals surface area contributed by atoms with Crippen molar-refractivity contribution in [2.75, 3.05) is 5.73 Å². The van der Waals surface area contributed by atoms with Crippen LogP contribution in [-0.2, 0) is 15.6 Å². The van der Waals surface area contributed by atoms with Crippen molar-refractivity contribution in [3.05, 3.63) is 58.9 Å². The van der Waals surface area contributed by atoms with E-state index in [4.69, 9.17) is 17.3 Å². The van der Waals surface area contributed by atoms with Gasteiger partial charge in [-0.1, -0.05) is 23.7 Å². The van der Waals surface area contributed by atoms with Crippen LogP contribution in [0.5, 0.6) is 0 Å². The molecule has 0 aromatic heterocycles. The molecule has 0 bridgehead atoms. The lowest BCUT2D eigenvalue weighted by Gasteiger charge is -2.08. The summed E-state index contributed by atoms with van der Waals surface area (Å²) in [6.45, 7) is 0. The van der Waals surface area contributed by atoms with Crippen molar-refractivity contribution in [1.29, 1.82) is 0 Å².